The molecule has 0 amide bonds. The number of likely N-dealkylation sites (N-methyl/N-ethyl adjacent to an activating group) is 1. The minimum absolute atomic E-state index is 0.370. The van der Waals surface area contributed by atoms with Gasteiger partial charge in [-0.15, -0.1) is 0 Å². The molecule has 5 heteroatoms. The van der Waals surface area contributed by atoms with Crippen LogP contribution in [0.2, 0.25) is 10.0 Å². The molecule has 1 aliphatic rings. The van der Waals surface area contributed by atoms with E-state index in [0.717, 1.165) is 25.2 Å². The maximum atomic E-state index is 10.0. The normalized spacial score (nSPS) is 22.7. The molecule has 1 saturated heterocycles. The number of rotatable bonds is 1. The lowest BCUT2D eigenvalue weighted by molar-refractivity contribution is 0.122. The summed E-state index contributed by atoms with van der Waals surface area (Å²) >= 11 is 12.3. The number of β-amino-alcohol motifs (C(OH)–C–C–N with tert-alkyl or cyclic N) is 1. The van der Waals surface area contributed by atoms with Gasteiger partial charge in [0.25, 0.3) is 0 Å². The zero-order valence-electron chi connectivity index (χ0n) is 10.4. The lowest BCUT2D eigenvalue weighted by Crippen LogP contribution is -2.43. The summed E-state index contributed by atoms with van der Waals surface area (Å²) in [6.45, 7) is 3.13. The molecule has 1 aromatic rings. The molecule has 0 bridgehead atoms. The summed E-state index contributed by atoms with van der Waals surface area (Å²) in [5, 5.41) is 11.1. The van der Waals surface area contributed by atoms with Crippen molar-refractivity contribution in [2.75, 3.05) is 38.1 Å². The predicted molar refractivity (Wildman–Crippen MR) is 76.8 cm³/mol. The first-order valence-electron chi connectivity index (χ1n) is 6.13. The van der Waals surface area contributed by atoms with E-state index in [0.29, 0.717) is 23.1 Å². The standard InChI is InChI=1S/C13H18Cl2N2O/c1-16-6-3-7-17(9-10(18)8-16)12-5-2-4-11(14)13(12)15/h2,4-5,10,18H,3,6-9H2,1H3. The number of anilines is 1. The third-order valence-electron chi connectivity index (χ3n) is 3.19. The molecule has 1 N–H and O–H groups in total. The van der Waals surface area contributed by atoms with E-state index in [2.05, 4.69) is 9.80 Å². The van der Waals surface area contributed by atoms with Gasteiger partial charge >= 0.3 is 0 Å². The summed E-state index contributed by atoms with van der Waals surface area (Å²) in [4.78, 5) is 4.27. The number of benzene rings is 1. The van der Waals surface area contributed by atoms with Crippen LogP contribution in [-0.4, -0.2) is 49.3 Å². The molecule has 100 valence electrons. The van der Waals surface area contributed by atoms with Gasteiger partial charge in [-0.2, -0.15) is 0 Å². The highest BCUT2D eigenvalue weighted by Crippen LogP contribution is 2.32. The number of hydrogen-bond donors (Lipinski definition) is 1. The second-order valence-electron chi connectivity index (χ2n) is 4.79. The summed E-state index contributed by atoms with van der Waals surface area (Å²) in [7, 11) is 2.03. The average Bonchev–Trinajstić information content (AvgIpc) is 2.29. The largest absolute Gasteiger partial charge is 0.390 e. The van der Waals surface area contributed by atoms with Gasteiger partial charge in [0.05, 0.1) is 21.8 Å². The number of hydrogen-bond acceptors (Lipinski definition) is 3. The Labute approximate surface area is 118 Å². The van der Waals surface area contributed by atoms with E-state index < -0.39 is 0 Å². The van der Waals surface area contributed by atoms with Gasteiger partial charge in [-0.1, -0.05) is 29.3 Å². The van der Waals surface area contributed by atoms with E-state index in [1.165, 1.54) is 0 Å². The van der Waals surface area contributed by atoms with E-state index in [1.807, 2.05) is 19.2 Å². The smallest absolute Gasteiger partial charge is 0.0841 e. The fourth-order valence-corrected chi connectivity index (χ4v) is 2.76. The molecular formula is C13H18Cl2N2O. The van der Waals surface area contributed by atoms with Crippen molar-refractivity contribution in [3.63, 3.8) is 0 Å². The summed E-state index contributed by atoms with van der Waals surface area (Å²) in [6.07, 6.45) is 0.678. The van der Waals surface area contributed by atoms with Crippen molar-refractivity contribution in [1.82, 2.24) is 4.90 Å². The van der Waals surface area contributed by atoms with Crippen LogP contribution in [0.25, 0.3) is 0 Å². The van der Waals surface area contributed by atoms with Crippen LogP contribution in [0.1, 0.15) is 6.42 Å². The number of aliphatic hydroxyl groups is 1. The van der Waals surface area contributed by atoms with Crippen molar-refractivity contribution in [3.8, 4) is 0 Å². The lowest BCUT2D eigenvalue weighted by atomic mass is 10.2. The molecular weight excluding hydrogens is 271 g/mol. The third kappa shape index (κ3) is 3.29. The highest BCUT2D eigenvalue weighted by Gasteiger charge is 2.19. The van der Waals surface area contributed by atoms with Crippen LogP contribution in [0.4, 0.5) is 5.69 Å². The Balaban J connectivity index is 2.18. The molecule has 0 saturated carbocycles. The van der Waals surface area contributed by atoms with Crippen LogP contribution in [0.5, 0.6) is 0 Å². The van der Waals surface area contributed by atoms with Crippen LogP contribution in [-0.2, 0) is 0 Å². The molecule has 1 aliphatic heterocycles. The second-order valence-corrected chi connectivity index (χ2v) is 5.57. The zero-order chi connectivity index (χ0) is 13.1. The van der Waals surface area contributed by atoms with Gasteiger partial charge in [-0.3, -0.25) is 0 Å². The Morgan fingerprint density at radius 3 is 2.78 bits per heavy atom. The van der Waals surface area contributed by atoms with E-state index in [1.54, 1.807) is 6.07 Å². The molecule has 0 radical (unpaired) electrons. The summed E-state index contributed by atoms with van der Waals surface area (Å²) in [6, 6.07) is 5.62. The molecule has 0 spiro atoms. The highest BCUT2D eigenvalue weighted by atomic mass is 35.5. The van der Waals surface area contributed by atoms with Gasteiger partial charge in [-0.05, 0) is 32.1 Å². The van der Waals surface area contributed by atoms with Crippen molar-refractivity contribution in [2.24, 2.45) is 0 Å². The molecule has 18 heavy (non-hydrogen) atoms. The lowest BCUT2D eigenvalue weighted by Gasteiger charge is -2.33. The molecule has 0 aromatic heterocycles. The van der Waals surface area contributed by atoms with Crippen molar-refractivity contribution in [3.05, 3.63) is 28.2 Å². The first-order chi connectivity index (χ1) is 8.58. The average molecular weight is 289 g/mol. The molecule has 1 unspecified atom stereocenters. The van der Waals surface area contributed by atoms with Gasteiger partial charge in [0, 0.05) is 19.6 Å². The SMILES string of the molecule is CN1CCCN(c2cccc(Cl)c2Cl)CC(O)C1. The quantitative estimate of drug-likeness (QED) is 0.860. The van der Waals surface area contributed by atoms with Crippen molar-refractivity contribution >= 4 is 28.9 Å². The van der Waals surface area contributed by atoms with Crippen LogP contribution in [0.3, 0.4) is 0 Å². The second kappa shape index (κ2) is 6.11. The Bertz CT molecular complexity index is 414. The summed E-state index contributed by atoms with van der Waals surface area (Å²) in [5.41, 5.74) is 0.910. The van der Waals surface area contributed by atoms with Crippen LogP contribution in [0.15, 0.2) is 18.2 Å². The summed E-state index contributed by atoms with van der Waals surface area (Å²) < 4.78 is 0. The number of halogens is 2. The fraction of sp³-hybridized carbons (Fsp3) is 0.538. The van der Waals surface area contributed by atoms with Gasteiger partial charge in [0.15, 0.2) is 0 Å². The minimum Gasteiger partial charge on any atom is -0.390 e. The Hall–Kier alpha value is -0.480. The first kappa shape index (κ1) is 13.9. The van der Waals surface area contributed by atoms with E-state index in [9.17, 15) is 5.11 Å². The molecule has 1 fully saturated rings. The minimum atomic E-state index is -0.370. The van der Waals surface area contributed by atoms with Gasteiger partial charge in [-0.25, -0.2) is 0 Å². The van der Waals surface area contributed by atoms with Gasteiger partial charge in [0.2, 0.25) is 0 Å². The molecule has 1 atom stereocenters. The van der Waals surface area contributed by atoms with Crippen LogP contribution < -0.4 is 4.90 Å². The summed E-state index contributed by atoms with van der Waals surface area (Å²) in [5.74, 6) is 0. The fourth-order valence-electron chi connectivity index (χ4n) is 2.34. The molecule has 3 nitrogen and oxygen atoms in total. The number of nitrogens with zero attached hydrogens (tertiary/aromatic N) is 2. The third-order valence-corrected chi connectivity index (χ3v) is 4.00. The first-order valence-corrected chi connectivity index (χ1v) is 6.89. The van der Waals surface area contributed by atoms with Crippen LogP contribution in [0, 0.1) is 0 Å². The zero-order valence-corrected chi connectivity index (χ0v) is 12.0. The monoisotopic (exact) mass is 288 g/mol. The van der Waals surface area contributed by atoms with Gasteiger partial charge < -0.3 is 14.9 Å². The van der Waals surface area contributed by atoms with Crippen LogP contribution >= 0.6 is 23.2 Å². The van der Waals surface area contributed by atoms with Crippen molar-refractivity contribution < 1.29 is 5.11 Å². The Morgan fingerprint density at radius 2 is 2.00 bits per heavy atom. The molecule has 1 heterocycles. The Kier molecular flexibility index (Phi) is 4.73. The highest BCUT2D eigenvalue weighted by molar-refractivity contribution is 6.43. The van der Waals surface area contributed by atoms with Gasteiger partial charge in [0.1, 0.15) is 0 Å². The molecule has 0 aliphatic carbocycles. The predicted octanol–water partition coefficient (Wildman–Crippen LogP) is 2.50. The van der Waals surface area contributed by atoms with E-state index in [4.69, 9.17) is 23.2 Å². The molecule has 1 aromatic carbocycles. The number of aliphatic hydroxyl groups excluding tert-OH is 1. The van der Waals surface area contributed by atoms with Crippen molar-refractivity contribution in [2.45, 2.75) is 12.5 Å². The van der Waals surface area contributed by atoms with E-state index in [-0.39, 0.29) is 6.10 Å². The molecule has 2 rings (SSSR count). The van der Waals surface area contributed by atoms with Crippen molar-refractivity contribution in [1.29, 1.82) is 0 Å². The topological polar surface area (TPSA) is 26.7 Å². The maximum Gasteiger partial charge on any atom is 0.0841 e. The Morgan fingerprint density at radius 1 is 1.22 bits per heavy atom. The maximum absolute atomic E-state index is 10.0. The van der Waals surface area contributed by atoms with E-state index >= 15 is 0 Å².